The van der Waals surface area contributed by atoms with Crippen LogP contribution in [0.15, 0.2) is 57.9 Å². The predicted octanol–water partition coefficient (Wildman–Crippen LogP) is 2.55. The van der Waals surface area contributed by atoms with Crippen LogP contribution in [-0.2, 0) is 21.2 Å². The van der Waals surface area contributed by atoms with Crippen LogP contribution in [0.25, 0.3) is 11.4 Å². The topological polar surface area (TPSA) is 109 Å². The number of halogens is 1. The Morgan fingerprint density at radius 2 is 1.79 bits per heavy atom. The highest BCUT2D eigenvalue weighted by molar-refractivity contribution is 7.90. The summed E-state index contributed by atoms with van der Waals surface area (Å²) in [5, 5.41) is 7.05. The molecular formula is C22H24ClN5O4S. The second-order valence-corrected chi connectivity index (χ2v) is 10.3. The lowest BCUT2D eigenvalue weighted by molar-refractivity contribution is -0.117. The molecule has 2 aromatic carbocycles. The molecule has 1 N–H and O–H groups in total. The van der Waals surface area contributed by atoms with E-state index in [2.05, 4.69) is 20.4 Å². The van der Waals surface area contributed by atoms with Crippen molar-refractivity contribution in [2.45, 2.75) is 11.4 Å². The highest BCUT2D eigenvalue weighted by atomic mass is 35.5. The Morgan fingerprint density at radius 1 is 1.09 bits per heavy atom. The SMILES string of the molecule is CS(=O)(=O)c1ccc(Cl)c(NC(=O)CN2CCN(Cc3nc(-c4ccccc4)no3)CC2)c1. The maximum atomic E-state index is 12.5. The molecule has 1 amide bonds. The van der Waals surface area contributed by atoms with Crippen molar-refractivity contribution in [3.63, 3.8) is 0 Å². The number of sulfone groups is 1. The number of piperazine rings is 1. The van der Waals surface area contributed by atoms with Gasteiger partial charge in [-0.1, -0.05) is 47.1 Å². The molecule has 2 heterocycles. The van der Waals surface area contributed by atoms with E-state index in [0.29, 0.717) is 31.3 Å². The summed E-state index contributed by atoms with van der Waals surface area (Å²) in [6, 6.07) is 13.9. The molecular weight excluding hydrogens is 466 g/mol. The molecule has 0 saturated carbocycles. The van der Waals surface area contributed by atoms with Crippen LogP contribution in [0.4, 0.5) is 5.69 Å². The lowest BCUT2D eigenvalue weighted by Gasteiger charge is -2.33. The first-order valence-corrected chi connectivity index (χ1v) is 12.7. The smallest absolute Gasteiger partial charge is 0.241 e. The number of rotatable bonds is 7. The summed E-state index contributed by atoms with van der Waals surface area (Å²) in [6.07, 6.45) is 1.11. The molecule has 0 bridgehead atoms. The number of aromatic nitrogens is 2. The third kappa shape index (κ3) is 6.17. The van der Waals surface area contributed by atoms with Crippen molar-refractivity contribution in [1.29, 1.82) is 0 Å². The number of hydrogen-bond donors (Lipinski definition) is 1. The maximum Gasteiger partial charge on any atom is 0.241 e. The largest absolute Gasteiger partial charge is 0.338 e. The summed E-state index contributed by atoms with van der Waals surface area (Å²) in [5.41, 5.74) is 1.19. The van der Waals surface area contributed by atoms with Gasteiger partial charge >= 0.3 is 0 Å². The van der Waals surface area contributed by atoms with Crippen molar-refractivity contribution in [2.24, 2.45) is 0 Å². The Morgan fingerprint density at radius 3 is 2.48 bits per heavy atom. The minimum Gasteiger partial charge on any atom is -0.338 e. The number of hydrogen-bond acceptors (Lipinski definition) is 8. The number of carbonyl (C=O) groups excluding carboxylic acids is 1. The highest BCUT2D eigenvalue weighted by Gasteiger charge is 2.21. The Kier molecular flexibility index (Phi) is 7.08. The van der Waals surface area contributed by atoms with Gasteiger partial charge in [-0.3, -0.25) is 14.6 Å². The first-order chi connectivity index (χ1) is 15.8. The normalized spacial score (nSPS) is 15.5. The number of benzene rings is 2. The van der Waals surface area contributed by atoms with Crippen molar-refractivity contribution < 1.29 is 17.7 Å². The summed E-state index contributed by atoms with van der Waals surface area (Å²) < 4.78 is 28.9. The van der Waals surface area contributed by atoms with E-state index in [-0.39, 0.29) is 28.1 Å². The summed E-state index contributed by atoms with van der Waals surface area (Å²) >= 11 is 6.12. The van der Waals surface area contributed by atoms with Gasteiger partial charge in [0.2, 0.25) is 17.6 Å². The minimum atomic E-state index is -3.39. The Balaban J connectivity index is 1.27. The van der Waals surface area contributed by atoms with Gasteiger partial charge in [-0.15, -0.1) is 0 Å². The van der Waals surface area contributed by atoms with Crippen molar-refractivity contribution in [3.05, 3.63) is 59.4 Å². The van der Waals surface area contributed by atoms with Crippen LogP contribution >= 0.6 is 11.6 Å². The summed E-state index contributed by atoms with van der Waals surface area (Å²) in [7, 11) is -3.39. The molecule has 174 valence electrons. The summed E-state index contributed by atoms with van der Waals surface area (Å²) in [4.78, 5) is 21.3. The maximum absolute atomic E-state index is 12.5. The van der Waals surface area contributed by atoms with Crippen molar-refractivity contribution in [2.75, 3.05) is 44.3 Å². The van der Waals surface area contributed by atoms with Gasteiger partial charge in [0.15, 0.2) is 9.84 Å². The zero-order chi connectivity index (χ0) is 23.4. The Hall–Kier alpha value is -2.79. The van der Waals surface area contributed by atoms with Crippen molar-refractivity contribution in [1.82, 2.24) is 19.9 Å². The lowest BCUT2D eigenvalue weighted by atomic mass is 10.2. The molecule has 33 heavy (non-hydrogen) atoms. The average molecular weight is 490 g/mol. The zero-order valence-corrected chi connectivity index (χ0v) is 19.6. The minimum absolute atomic E-state index is 0.104. The molecule has 3 aromatic rings. The molecule has 1 aliphatic heterocycles. The molecule has 0 aliphatic carbocycles. The zero-order valence-electron chi connectivity index (χ0n) is 18.1. The van der Waals surface area contributed by atoms with Gasteiger partial charge in [-0.2, -0.15) is 4.98 Å². The Bertz CT molecular complexity index is 1220. The van der Waals surface area contributed by atoms with Crippen molar-refractivity contribution >= 4 is 33.0 Å². The van der Waals surface area contributed by atoms with Crippen LogP contribution in [0.1, 0.15) is 5.89 Å². The number of amides is 1. The number of anilines is 1. The first kappa shape index (κ1) is 23.4. The summed E-state index contributed by atoms with van der Waals surface area (Å²) in [5.74, 6) is 0.875. The molecule has 9 nitrogen and oxygen atoms in total. The monoisotopic (exact) mass is 489 g/mol. The van der Waals surface area contributed by atoms with E-state index >= 15 is 0 Å². The standard InChI is InChI=1S/C22H24ClN5O4S/c1-33(30,31)17-7-8-18(23)19(13-17)24-20(29)14-27-9-11-28(12-10-27)15-21-25-22(26-32-21)16-5-3-2-4-6-16/h2-8,13H,9-12,14-15H2,1H3,(H,24,29). The fraction of sp³-hybridized carbons (Fsp3) is 0.318. The van der Waals surface area contributed by atoms with Gasteiger partial charge in [-0.05, 0) is 18.2 Å². The molecule has 1 saturated heterocycles. The fourth-order valence-corrected chi connectivity index (χ4v) is 4.36. The average Bonchev–Trinajstić information content (AvgIpc) is 3.25. The van der Waals surface area contributed by atoms with Crippen molar-refractivity contribution in [3.8, 4) is 11.4 Å². The van der Waals surface area contributed by atoms with Gasteiger partial charge in [0, 0.05) is 38.0 Å². The second kappa shape index (κ2) is 10.0. The molecule has 11 heteroatoms. The molecule has 1 fully saturated rings. The summed E-state index contributed by atoms with van der Waals surface area (Å²) in [6.45, 7) is 3.63. The molecule has 0 radical (unpaired) electrons. The fourth-order valence-electron chi connectivity index (χ4n) is 3.54. The van der Waals surface area contributed by atoms with E-state index in [9.17, 15) is 13.2 Å². The molecule has 0 atom stereocenters. The quantitative estimate of drug-likeness (QED) is 0.539. The molecule has 1 aromatic heterocycles. The third-order valence-electron chi connectivity index (χ3n) is 5.33. The van der Waals surface area contributed by atoms with Crippen LogP contribution in [0.5, 0.6) is 0 Å². The van der Waals surface area contributed by atoms with Crippen LogP contribution < -0.4 is 5.32 Å². The van der Waals surface area contributed by atoms with E-state index in [1.54, 1.807) is 0 Å². The first-order valence-electron chi connectivity index (χ1n) is 10.4. The molecule has 4 rings (SSSR count). The predicted molar refractivity (Wildman–Crippen MR) is 125 cm³/mol. The highest BCUT2D eigenvalue weighted by Crippen LogP contribution is 2.25. The van der Waals surface area contributed by atoms with Gasteiger partial charge in [0.25, 0.3) is 0 Å². The van der Waals surface area contributed by atoms with E-state index in [0.717, 1.165) is 24.9 Å². The van der Waals surface area contributed by atoms with Gasteiger partial charge in [0.1, 0.15) is 0 Å². The number of nitrogens with one attached hydrogen (secondary N) is 1. The third-order valence-corrected chi connectivity index (χ3v) is 6.77. The van der Waals surface area contributed by atoms with E-state index in [1.807, 2.05) is 35.2 Å². The molecule has 0 unspecified atom stereocenters. The van der Waals surface area contributed by atoms with Gasteiger partial charge < -0.3 is 9.84 Å². The molecule has 1 aliphatic rings. The van der Waals surface area contributed by atoms with Gasteiger partial charge in [-0.25, -0.2) is 8.42 Å². The number of carbonyl (C=O) groups is 1. The van der Waals surface area contributed by atoms with Crippen LogP contribution in [0.3, 0.4) is 0 Å². The van der Waals surface area contributed by atoms with Crippen LogP contribution in [0.2, 0.25) is 5.02 Å². The Labute approximate surface area is 197 Å². The lowest BCUT2D eigenvalue weighted by Crippen LogP contribution is -2.48. The van der Waals surface area contributed by atoms with Gasteiger partial charge in [0.05, 0.1) is 28.7 Å². The van der Waals surface area contributed by atoms with E-state index in [1.165, 1.54) is 18.2 Å². The molecule has 0 spiro atoms. The number of nitrogens with zero attached hydrogens (tertiary/aromatic N) is 4. The second-order valence-electron chi connectivity index (χ2n) is 7.89. The van der Waals surface area contributed by atoms with E-state index < -0.39 is 9.84 Å². The van der Waals surface area contributed by atoms with Crippen LogP contribution in [0, 0.1) is 0 Å². The van der Waals surface area contributed by atoms with Crippen LogP contribution in [-0.4, -0.2) is 73.2 Å². The van der Waals surface area contributed by atoms with E-state index in [4.69, 9.17) is 16.1 Å².